The highest BCUT2D eigenvalue weighted by Crippen LogP contribution is 2.26. The molecule has 3 heteroatoms. The van der Waals surface area contributed by atoms with E-state index in [1.165, 1.54) is 34.1 Å². The van der Waals surface area contributed by atoms with E-state index in [0.29, 0.717) is 0 Å². The van der Waals surface area contributed by atoms with E-state index in [2.05, 4.69) is 66.3 Å². The van der Waals surface area contributed by atoms with Crippen molar-refractivity contribution in [3.05, 3.63) is 47.5 Å². The molecule has 4 rings (SSSR count). The normalized spacial score (nSPS) is 12.0. The predicted octanol–water partition coefficient (Wildman–Crippen LogP) is 4.24. The van der Waals surface area contributed by atoms with E-state index in [-0.39, 0.29) is 0 Å². The largest absolute Gasteiger partial charge is 0.313 e. The third-order valence-corrected chi connectivity index (χ3v) is 4.27. The van der Waals surface area contributed by atoms with Gasteiger partial charge in [-0.25, -0.2) is 4.98 Å². The molecule has 0 aliphatic heterocycles. The van der Waals surface area contributed by atoms with Crippen LogP contribution in [-0.4, -0.2) is 14.0 Å². The quantitative estimate of drug-likeness (QED) is 0.537. The topological polar surface area (TPSA) is 22.2 Å². The summed E-state index contributed by atoms with van der Waals surface area (Å²) in [6.45, 7) is 4.35. The van der Waals surface area contributed by atoms with Crippen LogP contribution in [0.15, 0.2) is 36.4 Å². The van der Waals surface area contributed by atoms with Gasteiger partial charge in [-0.05, 0) is 48.7 Å². The van der Waals surface area contributed by atoms with E-state index in [9.17, 15) is 0 Å². The van der Waals surface area contributed by atoms with E-state index in [1.807, 2.05) is 0 Å². The highest BCUT2D eigenvalue weighted by Gasteiger charge is 2.13. The first kappa shape index (κ1) is 12.5. The van der Waals surface area contributed by atoms with Crippen molar-refractivity contribution in [1.82, 2.24) is 14.0 Å². The molecule has 21 heavy (non-hydrogen) atoms. The van der Waals surface area contributed by atoms with Gasteiger partial charge in [0.05, 0.1) is 22.1 Å². The van der Waals surface area contributed by atoms with Crippen LogP contribution in [0.1, 0.15) is 24.5 Å². The second kappa shape index (κ2) is 4.35. The van der Waals surface area contributed by atoms with Crippen LogP contribution < -0.4 is 0 Å². The minimum atomic E-state index is 1.01. The number of nitrogens with zero attached hydrogens (tertiary/aromatic N) is 3. The molecule has 0 amide bonds. The number of rotatable bonds is 2. The molecule has 0 bridgehead atoms. The molecular formula is C18H19N3. The Kier molecular flexibility index (Phi) is 2.58. The van der Waals surface area contributed by atoms with Crippen molar-refractivity contribution in [1.29, 1.82) is 0 Å². The second-order valence-electron chi connectivity index (χ2n) is 5.87. The Labute approximate surface area is 123 Å². The van der Waals surface area contributed by atoms with Crippen molar-refractivity contribution in [2.75, 3.05) is 0 Å². The van der Waals surface area contributed by atoms with Gasteiger partial charge in [-0.2, -0.15) is 0 Å². The monoisotopic (exact) mass is 277 g/mol. The summed E-state index contributed by atoms with van der Waals surface area (Å²) in [6.07, 6.45) is 2.28. The summed E-state index contributed by atoms with van der Waals surface area (Å²) in [4.78, 5) is 4.85. The van der Waals surface area contributed by atoms with Crippen LogP contribution in [0, 0.1) is 6.92 Å². The minimum Gasteiger partial charge on any atom is -0.313 e. The standard InChI is InChI=1S/C18H19N3/c1-4-5-13-7-9-15-14(11-13)19-18-20(3)16-8-6-12(2)10-17(16)21(15)18/h6-11H,4-5H2,1-3H3. The first-order valence-electron chi connectivity index (χ1n) is 7.55. The Morgan fingerprint density at radius 3 is 2.62 bits per heavy atom. The first-order chi connectivity index (χ1) is 10.2. The molecule has 3 nitrogen and oxygen atoms in total. The molecule has 0 aliphatic carbocycles. The van der Waals surface area contributed by atoms with Crippen LogP contribution in [0.3, 0.4) is 0 Å². The summed E-state index contributed by atoms with van der Waals surface area (Å²) >= 11 is 0. The van der Waals surface area contributed by atoms with Crippen molar-refractivity contribution in [2.24, 2.45) is 7.05 Å². The van der Waals surface area contributed by atoms with Gasteiger partial charge in [0.2, 0.25) is 5.78 Å². The molecule has 106 valence electrons. The molecule has 2 aromatic heterocycles. The van der Waals surface area contributed by atoms with Gasteiger partial charge < -0.3 is 4.57 Å². The maximum absolute atomic E-state index is 4.85. The molecule has 0 aliphatic rings. The number of hydrogen-bond donors (Lipinski definition) is 0. The fraction of sp³-hybridized carbons (Fsp3) is 0.278. The Morgan fingerprint density at radius 1 is 1.00 bits per heavy atom. The predicted molar refractivity (Wildman–Crippen MR) is 87.9 cm³/mol. The van der Waals surface area contributed by atoms with E-state index in [0.717, 1.165) is 17.7 Å². The van der Waals surface area contributed by atoms with Gasteiger partial charge in [0.25, 0.3) is 0 Å². The summed E-state index contributed by atoms with van der Waals surface area (Å²) < 4.78 is 4.45. The van der Waals surface area contributed by atoms with Crippen molar-refractivity contribution >= 4 is 27.8 Å². The average Bonchev–Trinajstić information content (AvgIpc) is 2.96. The van der Waals surface area contributed by atoms with E-state index < -0.39 is 0 Å². The fourth-order valence-corrected chi connectivity index (χ4v) is 3.22. The molecule has 0 unspecified atom stereocenters. The number of benzene rings is 2. The van der Waals surface area contributed by atoms with Gasteiger partial charge in [-0.15, -0.1) is 0 Å². The van der Waals surface area contributed by atoms with Gasteiger partial charge in [0.15, 0.2) is 0 Å². The summed E-state index contributed by atoms with van der Waals surface area (Å²) in [5.41, 5.74) is 7.39. The van der Waals surface area contributed by atoms with Gasteiger partial charge >= 0.3 is 0 Å². The van der Waals surface area contributed by atoms with E-state index in [4.69, 9.17) is 4.98 Å². The highest BCUT2D eigenvalue weighted by molar-refractivity contribution is 5.91. The number of hydrogen-bond acceptors (Lipinski definition) is 1. The third-order valence-electron chi connectivity index (χ3n) is 4.27. The van der Waals surface area contributed by atoms with Crippen LogP contribution in [0.4, 0.5) is 0 Å². The van der Waals surface area contributed by atoms with Crippen LogP contribution in [0.25, 0.3) is 27.8 Å². The maximum atomic E-state index is 4.85. The highest BCUT2D eigenvalue weighted by atomic mass is 15.2. The molecule has 0 saturated heterocycles. The van der Waals surface area contributed by atoms with Crippen molar-refractivity contribution in [3.63, 3.8) is 0 Å². The lowest BCUT2D eigenvalue weighted by molar-refractivity contribution is 0.923. The molecule has 2 heterocycles. The van der Waals surface area contributed by atoms with Gasteiger partial charge in [-0.3, -0.25) is 4.40 Å². The first-order valence-corrected chi connectivity index (χ1v) is 7.55. The van der Waals surface area contributed by atoms with E-state index >= 15 is 0 Å². The minimum absolute atomic E-state index is 1.01. The molecule has 2 aromatic carbocycles. The van der Waals surface area contributed by atoms with Crippen LogP contribution in [0.2, 0.25) is 0 Å². The van der Waals surface area contributed by atoms with Gasteiger partial charge in [0, 0.05) is 7.05 Å². The van der Waals surface area contributed by atoms with Crippen molar-refractivity contribution in [3.8, 4) is 0 Å². The van der Waals surface area contributed by atoms with Gasteiger partial charge in [-0.1, -0.05) is 25.5 Å². The molecule has 4 aromatic rings. The molecule has 0 atom stereocenters. The van der Waals surface area contributed by atoms with Crippen LogP contribution >= 0.6 is 0 Å². The Hall–Kier alpha value is -2.29. The molecule has 0 radical (unpaired) electrons. The number of aryl methyl sites for hydroxylation is 3. The SMILES string of the molecule is CCCc1ccc2c(c1)nc1n(C)c3ccc(C)cc3n21. The van der Waals surface area contributed by atoms with Crippen molar-refractivity contribution < 1.29 is 0 Å². The van der Waals surface area contributed by atoms with Crippen molar-refractivity contribution in [2.45, 2.75) is 26.7 Å². The zero-order valence-electron chi connectivity index (χ0n) is 12.7. The van der Waals surface area contributed by atoms with Gasteiger partial charge in [0.1, 0.15) is 0 Å². The molecule has 0 saturated carbocycles. The van der Waals surface area contributed by atoms with E-state index in [1.54, 1.807) is 0 Å². The van der Waals surface area contributed by atoms with Crippen LogP contribution in [0.5, 0.6) is 0 Å². The summed E-state index contributed by atoms with van der Waals surface area (Å²) in [7, 11) is 2.09. The molecular weight excluding hydrogens is 258 g/mol. The second-order valence-corrected chi connectivity index (χ2v) is 5.87. The number of imidazole rings is 2. The Morgan fingerprint density at radius 2 is 1.81 bits per heavy atom. The zero-order chi connectivity index (χ0) is 14.6. The average molecular weight is 277 g/mol. The number of fused-ring (bicyclic) bond motifs is 5. The molecule has 0 spiro atoms. The number of aromatic nitrogens is 3. The third kappa shape index (κ3) is 1.70. The summed E-state index contributed by atoms with van der Waals surface area (Å²) in [5.74, 6) is 1.01. The zero-order valence-corrected chi connectivity index (χ0v) is 12.7. The smallest absolute Gasteiger partial charge is 0.215 e. The summed E-state index contributed by atoms with van der Waals surface area (Å²) in [6, 6.07) is 13.2. The maximum Gasteiger partial charge on any atom is 0.215 e. The van der Waals surface area contributed by atoms with Crippen LogP contribution in [-0.2, 0) is 13.5 Å². The summed E-state index contributed by atoms with van der Waals surface area (Å²) in [5, 5.41) is 0. The molecule has 0 N–H and O–H groups in total. The fourth-order valence-electron chi connectivity index (χ4n) is 3.22. The Balaban J connectivity index is 2.13. The molecule has 0 fully saturated rings. The Bertz CT molecular complexity index is 973. The lowest BCUT2D eigenvalue weighted by Crippen LogP contribution is -1.88. The lowest BCUT2D eigenvalue weighted by Gasteiger charge is -2.00. The lowest BCUT2D eigenvalue weighted by atomic mass is 10.1.